The van der Waals surface area contributed by atoms with Crippen molar-refractivity contribution < 1.29 is 19.1 Å². The van der Waals surface area contributed by atoms with Crippen LogP contribution in [0.2, 0.25) is 0 Å². The van der Waals surface area contributed by atoms with Gasteiger partial charge in [0.1, 0.15) is 5.60 Å². The van der Waals surface area contributed by atoms with E-state index in [1.807, 2.05) is 25.7 Å². The molecule has 1 heterocycles. The summed E-state index contributed by atoms with van der Waals surface area (Å²) in [5.74, 6) is 3.05. The lowest BCUT2D eigenvalue weighted by molar-refractivity contribution is -0.0514. The van der Waals surface area contributed by atoms with Gasteiger partial charge in [0.15, 0.2) is 0 Å². The van der Waals surface area contributed by atoms with Crippen LogP contribution in [0.1, 0.15) is 146 Å². The van der Waals surface area contributed by atoms with E-state index in [0.717, 1.165) is 49.9 Å². The second kappa shape index (κ2) is 13.8. The molecule has 270 valence electrons. The van der Waals surface area contributed by atoms with E-state index in [1.165, 1.54) is 49.0 Å². The molecular weight excluding hydrogens is 610 g/mol. The Morgan fingerprint density at radius 1 is 0.980 bits per heavy atom. The normalized spacial score (nSPS) is 33.0. The van der Waals surface area contributed by atoms with Gasteiger partial charge in [-0.05, 0) is 138 Å². The number of hydrogen-bond donors (Lipinski definition) is 1. The molecule has 5 aliphatic rings. The molecule has 3 saturated carbocycles. The average molecular weight is 674 g/mol. The summed E-state index contributed by atoms with van der Waals surface area (Å²) in [4.78, 5) is 43.0. The highest BCUT2D eigenvalue weighted by molar-refractivity contribution is 6.21. The summed E-state index contributed by atoms with van der Waals surface area (Å²) in [7, 11) is 0. The highest BCUT2D eigenvalue weighted by atomic mass is 16.6. The van der Waals surface area contributed by atoms with Crippen LogP contribution in [0.25, 0.3) is 0 Å². The Hall–Kier alpha value is -2.67. The molecule has 6 unspecified atom stereocenters. The molecule has 8 atom stereocenters. The molecule has 1 aromatic carbocycles. The van der Waals surface area contributed by atoms with Crippen LogP contribution in [0.3, 0.4) is 0 Å². The van der Waals surface area contributed by atoms with Gasteiger partial charge in [-0.15, -0.1) is 0 Å². The van der Waals surface area contributed by atoms with Crippen LogP contribution in [-0.2, 0) is 4.74 Å². The van der Waals surface area contributed by atoms with Gasteiger partial charge in [-0.1, -0.05) is 64.3 Å². The maximum atomic E-state index is 13.7. The van der Waals surface area contributed by atoms with Crippen molar-refractivity contribution in [3.63, 3.8) is 0 Å². The number of nitrogens with zero attached hydrogens (tertiary/aromatic N) is 2. The van der Waals surface area contributed by atoms with Crippen molar-refractivity contribution in [3.8, 4) is 0 Å². The second-order valence-electron chi connectivity index (χ2n) is 18.2. The minimum Gasteiger partial charge on any atom is -0.444 e. The van der Waals surface area contributed by atoms with Crippen molar-refractivity contribution in [2.75, 3.05) is 13.1 Å². The molecule has 0 spiro atoms. The second-order valence-corrected chi connectivity index (χ2v) is 18.2. The predicted molar refractivity (Wildman–Crippen MR) is 195 cm³/mol. The summed E-state index contributed by atoms with van der Waals surface area (Å²) in [6, 6.07) is 7.37. The van der Waals surface area contributed by atoms with Crippen molar-refractivity contribution in [2.45, 2.75) is 143 Å². The Bertz CT molecular complexity index is 1410. The zero-order valence-corrected chi connectivity index (χ0v) is 31.4. The maximum absolute atomic E-state index is 13.7. The van der Waals surface area contributed by atoms with E-state index < -0.39 is 5.60 Å². The molecule has 0 saturated heterocycles. The van der Waals surface area contributed by atoms with E-state index in [4.69, 9.17) is 10.5 Å². The Morgan fingerprint density at radius 2 is 1.67 bits per heavy atom. The average Bonchev–Trinajstić information content (AvgIpc) is 3.51. The summed E-state index contributed by atoms with van der Waals surface area (Å²) >= 11 is 0. The number of allylic oxidation sites excluding steroid dienone is 1. The van der Waals surface area contributed by atoms with Gasteiger partial charge in [-0.2, -0.15) is 0 Å². The Balaban J connectivity index is 1.14. The molecule has 3 fully saturated rings. The molecule has 2 N–H and O–H groups in total. The molecule has 1 aromatic rings. The van der Waals surface area contributed by atoms with Crippen LogP contribution >= 0.6 is 0 Å². The molecular formula is C42H63N3O4. The largest absolute Gasteiger partial charge is 0.444 e. The molecule has 0 bridgehead atoms. The predicted octanol–water partition coefficient (Wildman–Crippen LogP) is 9.01. The first kappa shape index (κ1) is 36.1. The van der Waals surface area contributed by atoms with E-state index >= 15 is 0 Å². The van der Waals surface area contributed by atoms with Crippen LogP contribution in [-0.4, -0.2) is 58.5 Å². The first-order valence-corrected chi connectivity index (χ1v) is 19.5. The molecule has 6 rings (SSSR count). The van der Waals surface area contributed by atoms with Gasteiger partial charge in [0.05, 0.1) is 11.1 Å². The van der Waals surface area contributed by atoms with Gasteiger partial charge in [-0.3, -0.25) is 14.5 Å². The quantitative estimate of drug-likeness (QED) is 0.198. The van der Waals surface area contributed by atoms with Crippen LogP contribution in [0.4, 0.5) is 4.79 Å². The summed E-state index contributed by atoms with van der Waals surface area (Å²) < 4.78 is 5.95. The van der Waals surface area contributed by atoms with Crippen LogP contribution < -0.4 is 5.73 Å². The molecule has 1 aliphatic heterocycles. The summed E-state index contributed by atoms with van der Waals surface area (Å²) in [5, 5.41) is 0. The third kappa shape index (κ3) is 6.87. The van der Waals surface area contributed by atoms with Gasteiger partial charge in [0.25, 0.3) is 11.8 Å². The Labute approximate surface area is 295 Å². The number of hydrogen-bond acceptors (Lipinski definition) is 5. The number of imide groups is 1. The van der Waals surface area contributed by atoms with Crippen molar-refractivity contribution >= 4 is 17.9 Å². The monoisotopic (exact) mass is 673 g/mol. The lowest BCUT2D eigenvalue weighted by Crippen LogP contribution is -2.54. The van der Waals surface area contributed by atoms with Crippen LogP contribution in [0.15, 0.2) is 35.9 Å². The van der Waals surface area contributed by atoms with Gasteiger partial charge in [0, 0.05) is 25.2 Å². The topological polar surface area (TPSA) is 92.9 Å². The molecule has 3 amide bonds. The van der Waals surface area contributed by atoms with Gasteiger partial charge in [-0.25, -0.2) is 4.79 Å². The zero-order valence-electron chi connectivity index (χ0n) is 31.4. The fraction of sp³-hybridized carbons (Fsp3) is 0.738. The lowest BCUT2D eigenvalue weighted by Gasteiger charge is -2.59. The number of amides is 3. The van der Waals surface area contributed by atoms with Gasteiger partial charge in [0.2, 0.25) is 0 Å². The fourth-order valence-electron chi connectivity index (χ4n) is 11.2. The highest BCUT2D eigenvalue weighted by Crippen LogP contribution is 2.66. The lowest BCUT2D eigenvalue weighted by atomic mass is 9.47. The summed E-state index contributed by atoms with van der Waals surface area (Å²) in [6.45, 7) is 16.2. The summed E-state index contributed by atoms with van der Waals surface area (Å²) in [5.41, 5.74) is 9.34. The third-order valence-corrected chi connectivity index (χ3v) is 13.7. The SMILES string of the molecule is CC(C)CCC[C@@H](N)C1CCC2[C@H]3CC=C4CC(N(CCCN5C(=O)c6ccccc6C5=O)C(=O)OC(C)(C)C)CCC4(C)C3CCC21C. The number of carbonyl (C=O) groups excluding carboxylic acids is 3. The van der Waals surface area contributed by atoms with Crippen LogP contribution in [0.5, 0.6) is 0 Å². The Morgan fingerprint density at radius 3 is 2.33 bits per heavy atom. The van der Waals surface area contributed by atoms with Gasteiger partial charge < -0.3 is 15.4 Å². The number of fused-ring (bicyclic) bond motifs is 6. The number of ether oxygens (including phenoxy) is 1. The highest BCUT2D eigenvalue weighted by Gasteiger charge is 2.59. The van der Waals surface area contributed by atoms with Crippen molar-refractivity contribution in [3.05, 3.63) is 47.0 Å². The molecule has 0 radical (unpaired) electrons. The standard InChI is InChI=1S/C42H63N3O4/c1-27(2)12-10-15-36(43)35-19-18-33-32-17-16-28-26-29(20-22-41(28,6)34(32)21-23-42(33,35)7)44(39(48)49-40(3,4)5)24-11-25-45-37(46)30-13-8-9-14-31(30)38(45)47/h8-9,13-14,16,27,29,32-36H,10-12,15,17-26,43H2,1-7H3/t29?,32-,33?,34?,35?,36-,41?,42?/m1/s1. The molecule has 0 aromatic heterocycles. The van der Waals surface area contributed by atoms with Crippen molar-refractivity contribution in [1.29, 1.82) is 0 Å². The van der Waals surface area contributed by atoms with E-state index in [2.05, 4.69) is 33.8 Å². The van der Waals surface area contributed by atoms with E-state index in [0.29, 0.717) is 47.4 Å². The first-order chi connectivity index (χ1) is 23.1. The zero-order chi connectivity index (χ0) is 35.3. The Kier molecular flexibility index (Phi) is 10.2. The molecule has 7 nitrogen and oxygen atoms in total. The van der Waals surface area contributed by atoms with Crippen LogP contribution in [0, 0.1) is 40.4 Å². The first-order valence-electron chi connectivity index (χ1n) is 19.5. The minimum absolute atomic E-state index is 0.0430. The number of carbonyl (C=O) groups is 3. The molecule has 49 heavy (non-hydrogen) atoms. The van der Waals surface area contributed by atoms with Crippen molar-refractivity contribution in [2.24, 2.45) is 46.2 Å². The maximum Gasteiger partial charge on any atom is 0.410 e. The molecule has 4 aliphatic carbocycles. The smallest absolute Gasteiger partial charge is 0.410 e. The van der Waals surface area contributed by atoms with Gasteiger partial charge >= 0.3 is 6.09 Å². The number of benzene rings is 1. The molecule has 7 heteroatoms. The fourth-order valence-corrected chi connectivity index (χ4v) is 11.2. The van der Waals surface area contributed by atoms with E-state index in [1.54, 1.807) is 24.3 Å². The van der Waals surface area contributed by atoms with Crippen molar-refractivity contribution in [1.82, 2.24) is 9.80 Å². The number of nitrogens with two attached hydrogens (primary N) is 1. The summed E-state index contributed by atoms with van der Waals surface area (Å²) in [6.07, 6.45) is 15.7. The van der Waals surface area contributed by atoms with E-state index in [9.17, 15) is 14.4 Å². The third-order valence-electron chi connectivity index (χ3n) is 13.7. The number of rotatable bonds is 10. The van der Waals surface area contributed by atoms with E-state index in [-0.39, 0.29) is 35.9 Å². The minimum atomic E-state index is -0.608.